The summed E-state index contributed by atoms with van der Waals surface area (Å²) in [7, 11) is 0. The van der Waals surface area contributed by atoms with E-state index >= 15 is 0 Å². The van der Waals surface area contributed by atoms with Gasteiger partial charge in [-0.05, 0) is 49.1 Å². The van der Waals surface area contributed by atoms with Gasteiger partial charge in [-0.2, -0.15) is 26.3 Å². The summed E-state index contributed by atoms with van der Waals surface area (Å²) < 4.78 is 86.1. The third kappa shape index (κ3) is 5.17. The Balaban J connectivity index is 1.62. The number of carbonyl (C=O) groups excluding carboxylic acids is 1. The van der Waals surface area contributed by atoms with Crippen molar-refractivity contribution in [1.29, 1.82) is 0 Å². The van der Waals surface area contributed by atoms with Crippen molar-refractivity contribution in [1.82, 2.24) is 9.80 Å². The fourth-order valence-corrected chi connectivity index (χ4v) is 5.24. The highest BCUT2D eigenvalue weighted by atomic mass is 19.4. The van der Waals surface area contributed by atoms with E-state index < -0.39 is 41.2 Å². The number of hydrogen-bond acceptors (Lipinski definition) is 3. The molecule has 4 rings (SSSR count). The lowest BCUT2D eigenvalue weighted by atomic mass is 9.78. The molecule has 4 atom stereocenters. The average molecular weight is 515 g/mol. The molecular formula is C25H27F6N3O2. The van der Waals surface area contributed by atoms with Crippen LogP contribution in [0.3, 0.4) is 0 Å². The third-order valence-corrected chi connectivity index (χ3v) is 7.22. The Bertz CT molecular complexity index is 1060. The zero-order valence-electron chi connectivity index (χ0n) is 19.6. The molecule has 2 fully saturated rings. The van der Waals surface area contributed by atoms with Crippen LogP contribution in [-0.2, 0) is 22.6 Å². The van der Waals surface area contributed by atoms with Crippen molar-refractivity contribution < 1.29 is 35.9 Å². The van der Waals surface area contributed by atoms with E-state index in [2.05, 4.69) is 4.90 Å². The van der Waals surface area contributed by atoms with Crippen molar-refractivity contribution in [3.63, 3.8) is 0 Å². The van der Waals surface area contributed by atoms with Gasteiger partial charge < -0.3 is 15.4 Å². The number of urea groups is 1. The number of hydrogen-bond donors (Lipinski definition) is 1. The lowest BCUT2D eigenvalue weighted by molar-refractivity contribution is -0.143. The van der Waals surface area contributed by atoms with E-state index in [0.29, 0.717) is 44.6 Å². The predicted octanol–water partition coefficient (Wildman–Crippen LogP) is 5.56. The summed E-state index contributed by atoms with van der Waals surface area (Å²) in [5, 5.41) is 0. The molecule has 0 aliphatic carbocycles. The minimum absolute atomic E-state index is 0.0546. The molecule has 2 aromatic carbocycles. The molecular weight excluding hydrogens is 488 g/mol. The zero-order chi connectivity index (χ0) is 26.3. The summed E-state index contributed by atoms with van der Waals surface area (Å²) in [6.45, 7) is 2.97. The van der Waals surface area contributed by atoms with Gasteiger partial charge in [-0.3, -0.25) is 4.90 Å². The summed E-state index contributed by atoms with van der Waals surface area (Å²) in [6.07, 6.45) is -9.68. The molecule has 1 unspecified atom stereocenters. The van der Waals surface area contributed by atoms with Crippen LogP contribution in [0.5, 0.6) is 0 Å². The maximum atomic E-state index is 13.3. The smallest absolute Gasteiger partial charge is 0.372 e. The first-order chi connectivity index (χ1) is 16.8. The molecule has 2 saturated heterocycles. The van der Waals surface area contributed by atoms with Gasteiger partial charge in [-0.15, -0.1) is 0 Å². The molecule has 36 heavy (non-hydrogen) atoms. The van der Waals surface area contributed by atoms with Crippen molar-refractivity contribution in [3.05, 3.63) is 70.8 Å². The number of carbonyl (C=O) groups is 1. The van der Waals surface area contributed by atoms with E-state index in [9.17, 15) is 31.1 Å². The van der Waals surface area contributed by atoms with E-state index in [1.54, 1.807) is 4.90 Å². The maximum Gasteiger partial charge on any atom is 0.416 e. The van der Waals surface area contributed by atoms with Crippen molar-refractivity contribution in [2.45, 2.75) is 49.8 Å². The molecule has 2 amide bonds. The van der Waals surface area contributed by atoms with E-state index in [-0.39, 0.29) is 24.3 Å². The summed E-state index contributed by atoms with van der Waals surface area (Å²) in [4.78, 5) is 15.6. The Hall–Kier alpha value is -2.79. The van der Waals surface area contributed by atoms with Crippen LogP contribution in [0.25, 0.3) is 0 Å². The minimum Gasteiger partial charge on any atom is -0.372 e. The summed E-state index contributed by atoms with van der Waals surface area (Å²) in [5.74, 6) is 0. The largest absolute Gasteiger partial charge is 0.416 e. The highest BCUT2D eigenvalue weighted by Gasteiger charge is 2.48. The molecule has 2 N–H and O–H groups in total. The Morgan fingerprint density at radius 1 is 1.06 bits per heavy atom. The lowest BCUT2D eigenvalue weighted by Gasteiger charge is -2.55. The minimum atomic E-state index is -4.93. The molecule has 11 heteroatoms. The van der Waals surface area contributed by atoms with E-state index in [0.717, 1.165) is 5.56 Å². The van der Waals surface area contributed by atoms with Crippen LogP contribution in [-0.4, -0.2) is 48.1 Å². The molecule has 2 aliphatic rings. The van der Waals surface area contributed by atoms with E-state index in [1.165, 1.54) is 6.92 Å². The second kappa shape index (κ2) is 9.59. The molecule has 2 bridgehead atoms. The number of fused-ring (bicyclic) bond motifs is 2. The monoisotopic (exact) mass is 515 g/mol. The number of halogens is 6. The lowest BCUT2D eigenvalue weighted by Crippen LogP contribution is -2.66. The fourth-order valence-electron chi connectivity index (χ4n) is 5.24. The number of rotatable bonds is 5. The van der Waals surface area contributed by atoms with Crippen LogP contribution in [0.1, 0.15) is 48.1 Å². The van der Waals surface area contributed by atoms with Gasteiger partial charge in [0.15, 0.2) is 0 Å². The molecule has 0 aromatic heterocycles. The number of ether oxygens (including phenoxy) is 1. The van der Waals surface area contributed by atoms with Crippen molar-refractivity contribution >= 4 is 6.03 Å². The Morgan fingerprint density at radius 2 is 1.67 bits per heavy atom. The average Bonchev–Trinajstić information content (AvgIpc) is 2.83. The van der Waals surface area contributed by atoms with Crippen molar-refractivity contribution in [2.24, 2.45) is 5.73 Å². The van der Waals surface area contributed by atoms with Crippen LogP contribution in [0.2, 0.25) is 0 Å². The number of piperazine rings is 1. The number of primary amides is 1. The summed E-state index contributed by atoms with van der Waals surface area (Å²) >= 11 is 0. The van der Waals surface area contributed by atoms with Gasteiger partial charge in [0.25, 0.3) is 0 Å². The number of nitrogens with two attached hydrogens (primary N) is 1. The standard InChI is InChI=1S/C25H27F6N3O2/c1-16(17-11-19(24(26,27)28)13-20(12-17)25(29,30)31)36-15-23(18-5-3-2-4-6-18)8-7-21-14-33(23)9-10-34(21)22(32)35/h2-6,11-13,16,21H,7-10,14-15H2,1H3,(H2,32,35)/t16-,21-,23-/m1/s1. The number of amides is 2. The van der Waals surface area contributed by atoms with Gasteiger partial charge in [0, 0.05) is 25.7 Å². The second-order valence-electron chi connectivity index (χ2n) is 9.36. The quantitative estimate of drug-likeness (QED) is 0.531. The fraction of sp³-hybridized carbons (Fsp3) is 0.480. The molecule has 2 heterocycles. The summed E-state index contributed by atoms with van der Waals surface area (Å²) in [6, 6.07) is 10.4. The second-order valence-corrected chi connectivity index (χ2v) is 9.36. The molecule has 0 spiro atoms. The third-order valence-electron chi connectivity index (χ3n) is 7.22. The van der Waals surface area contributed by atoms with Gasteiger partial charge in [0.2, 0.25) is 0 Å². The van der Waals surface area contributed by atoms with Gasteiger partial charge in [-0.25, -0.2) is 4.79 Å². The number of benzene rings is 2. The van der Waals surface area contributed by atoms with Gasteiger partial charge in [-0.1, -0.05) is 30.3 Å². The van der Waals surface area contributed by atoms with E-state index in [1.807, 2.05) is 30.3 Å². The van der Waals surface area contributed by atoms with E-state index in [4.69, 9.17) is 10.5 Å². The Morgan fingerprint density at radius 3 is 2.22 bits per heavy atom. The van der Waals surface area contributed by atoms with Crippen molar-refractivity contribution in [3.8, 4) is 0 Å². The first kappa shape index (κ1) is 26.3. The Labute approximate surface area is 204 Å². The SMILES string of the molecule is C[C@@H](OC[C@@]1(c2ccccc2)CC[C@@H]2CN1CCN2C(N)=O)c1cc(C(F)(F)F)cc(C(F)(F)F)c1. The summed E-state index contributed by atoms with van der Waals surface area (Å²) in [5.41, 5.74) is 2.85. The van der Waals surface area contributed by atoms with Gasteiger partial charge in [0.05, 0.1) is 29.4 Å². The molecule has 196 valence electrons. The number of alkyl halides is 6. The molecule has 2 aliphatic heterocycles. The van der Waals surface area contributed by atoms with Gasteiger partial charge >= 0.3 is 18.4 Å². The van der Waals surface area contributed by atoms with Crippen LogP contribution in [0.4, 0.5) is 31.1 Å². The van der Waals surface area contributed by atoms with Crippen LogP contribution in [0.15, 0.2) is 48.5 Å². The zero-order valence-corrected chi connectivity index (χ0v) is 19.6. The van der Waals surface area contributed by atoms with Crippen LogP contribution in [0, 0.1) is 0 Å². The molecule has 2 aromatic rings. The van der Waals surface area contributed by atoms with Crippen molar-refractivity contribution in [2.75, 3.05) is 26.2 Å². The maximum absolute atomic E-state index is 13.3. The van der Waals surface area contributed by atoms with Gasteiger partial charge in [0.1, 0.15) is 0 Å². The predicted molar refractivity (Wildman–Crippen MR) is 120 cm³/mol. The van der Waals surface area contributed by atoms with Crippen LogP contribution < -0.4 is 5.73 Å². The normalized spacial score (nSPS) is 25.5. The molecule has 0 saturated carbocycles. The topological polar surface area (TPSA) is 58.8 Å². The highest BCUT2D eigenvalue weighted by Crippen LogP contribution is 2.43. The van der Waals surface area contributed by atoms with Crippen LogP contribution >= 0.6 is 0 Å². The number of piperidine rings is 1. The number of nitrogens with zero attached hydrogens (tertiary/aromatic N) is 2. The Kier molecular flexibility index (Phi) is 7.00. The highest BCUT2D eigenvalue weighted by molar-refractivity contribution is 5.72. The first-order valence-electron chi connectivity index (χ1n) is 11.6. The first-order valence-corrected chi connectivity index (χ1v) is 11.6. The molecule has 0 radical (unpaired) electrons. The molecule has 5 nitrogen and oxygen atoms in total.